The maximum atomic E-state index is 2.62. The van der Waals surface area contributed by atoms with Crippen LogP contribution >= 0.6 is 74.5 Å². The minimum absolute atomic E-state index is 0.124. The summed E-state index contributed by atoms with van der Waals surface area (Å²) < 4.78 is 0. The second-order valence-electron chi connectivity index (χ2n) is 12.2. The van der Waals surface area contributed by atoms with Crippen molar-refractivity contribution < 1.29 is 0 Å². The minimum atomic E-state index is -1.16. The zero-order valence-electron chi connectivity index (χ0n) is 26.7. The van der Waals surface area contributed by atoms with E-state index in [9.17, 15) is 0 Å². The average molecular weight is 665 g/mol. The topological polar surface area (TPSA) is 0 Å². The first-order chi connectivity index (χ1) is 17.9. The van der Waals surface area contributed by atoms with Crippen molar-refractivity contribution in [1.29, 1.82) is 0 Å². The first-order valence-electron chi connectivity index (χ1n) is 13.2. The number of benzene rings is 3. The Hall–Kier alpha value is 0.110. The molecule has 0 saturated carbocycles. The minimum Gasteiger partial charge on any atom is -0.233 e. The van der Waals surface area contributed by atoms with Crippen LogP contribution in [-0.4, -0.2) is 87.6 Å². The van der Waals surface area contributed by atoms with Gasteiger partial charge in [-0.05, 0) is 186 Å². The molecule has 0 amide bonds. The number of hydrogen-bond acceptors (Lipinski definition) is 0. The predicted molar refractivity (Wildman–Crippen MR) is 207 cm³/mol. The molecule has 39 heavy (non-hydrogen) atoms. The highest BCUT2D eigenvalue weighted by Crippen LogP contribution is 2.64. The van der Waals surface area contributed by atoms with Crippen molar-refractivity contribution in [2.75, 3.05) is 87.6 Å². The zero-order valence-corrected chi connectivity index (χ0v) is 32.9. The lowest BCUT2D eigenvalue weighted by Crippen LogP contribution is -2.04. The van der Waals surface area contributed by atoms with E-state index in [1.165, 1.54) is 0 Å². The van der Waals surface area contributed by atoms with Crippen LogP contribution in [0.3, 0.4) is 0 Å². The fraction of sp³-hybridized carbons (Fsp3) is 0.438. The van der Waals surface area contributed by atoms with Crippen LogP contribution in [0.15, 0.2) is 98.7 Å². The van der Waals surface area contributed by atoms with E-state index < -0.39 is 20.1 Å². The quantitative estimate of drug-likeness (QED) is 0.138. The first-order valence-corrected chi connectivity index (χ1v) is 29.3. The Morgan fingerprint density at radius 2 is 0.487 bits per heavy atom. The Balaban J connectivity index is 2.26. The smallest absolute Gasteiger partial charge is 0.00429 e. The summed E-state index contributed by atoms with van der Waals surface area (Å²) in [5.74, 6) is 0. The molecular formula is C32H56S7. The summed E-state index contributed by atoms with van der Waals surface area (Å²) in [6.45, 7) is 0. The van der Waals surface area contributed by atoms with Crippen LogP contribution in [0.2, 0.25) is 0 Å². The molecule has 0 aliphatic rings. The van der Waals surface area contributed by atoms with E-state index in [2.05, 4.69) is 142 Å². The van der Waals surface area contributed by atoms with Gasteiger partial charge < -0.3 is 0 Å². The molecule has 0 atom stereocenters. The van der Waals surface area contributed by atoms with Gasteiger partial charge in [-0.1, -0.05) is 0 Å². The molecule has 0 unspecified atom stereocenters. The van der Waals surface area contributed by atoms with Crippen molar-refractivity contribution in [3.63, 3.8) is 0 Å². The molecule has 3 aromatic rings. The van der Waals surface area contributed by atoms with Crippen LogP contribution in [0, 0.1) is 0 Å². The molecule has 0 spiro atoms. The number of thiol groups is 5. The lowest BCUT2D eigenvalue weighted by Gasteiger charge is -2.39. The Morgan fingerprint density at radius 3 is 0.692 bits per heavy atom. The molecule has 0 radical (unpaired) electrons. The Labute approximate surface area is 258 Å². The molecule has 226 valence electrons. The summed E-state index contributed by atoms with van der Waals surface area (Å²) in [7, 11) is -3.01. The van der Waals surface area contributed by atoms with Gasteiger partial charge in [0.15, 0.2) is 0 Å². The third-order valence-electron chi connectivity index (χ3n) is 7.56. The van der Waals surface area contributed by atoms with Crippen molar-refractivity contribution in [3.05, 3.63) is 54.6 Å². The Kier molecular flexibility index (Phi) is 11.4. The molecule has 3 rings (SSSR count). The van der Waals surface area contributed by atoms with Crippen molar-refractivity contribution in [1.82, 2.24) is 0 Å². The van der Waals surface area contributed by atoms with Crippen LogP contribution < -0.4 is 0 Å². The van der Waals surface area contributed by atoms with Crippen molar-refractivity contribution in [2.24, 2.45) is 0 Å². The van der Waals surface area contributed by atoms with Gasteiger partial charge in [0.1, 0.15) is 0 Å². The molecule has 0 bridgehead atoms. The van der Waals surface area contributed by atoms with Crippen LogP contribution in [0.1, 0.15) is 0 Å². The maximum Gasteiger partial charge on any atom is -0.00429 e. The average Bonchev–Trinajstić information content (AvgIpc) is 2.87. The summed E-state index contributed by atoms with van der Waals surface area (Å²) in [4.78, 5) is 14.0. The van der Waals surface area contributed by atoms with Gasteiger partial charge in [-0.3, -0.25) is 0 Å². The molecule has 0 fully saturated rings. The largest absolute Gasteiger partial charge is 0.233 e. The molecular weight excluding hydrogens is 609 g/mol. The lowest BCUT2D eigenvalue weighted by molar-refractivity contribution is 1.16. The highest BCUT2D eigenvalue weighted by molar-refractivity contribution is 8.33. The fourth-order valence-corrected chi connectivity index (χ4v) is 13.1. The van der Waals surface area contributed by atoms with Crippen molar-refractivity contribution in [2.45, 2.75) is 44.1 Å². The van der Waals surface area contributed by atoms with E-state index in [1.54, 1.807) is 44.1 Å². The van der Waals surface area contributed by atoms with Gasteiger partial charge in [0.25, 0.3) is 0 Å². The SMILES string of the molecule is C[SH](C)c1cc([SH](C)C)cc(S(C)(C)c2cc([SH](C)C)cc(S(C)(C)c3cc([SH](C)C)cc([SH](C)C)c3)c2)c1. The van der Waals surface area contributed by atoms with Crippen molar-refractivity contribution >= 4 is 74.5 Å². The highest BCUT2D eigenvalue weighted by atomic mass is 32.3. The van der Waals surface area contributed by atoms with Gasteiger partial charge in [-0.15, -0.1) is 0 Å². The van der Waals surface area contributed by atoms with E-state index in [0.717, 1.165) is 0 Å². The predicted octanol–water partition coefficient (Wildman–Crippen LogP) is 9.75. The molecule has 0 aromatic heterocycles. The van der Waals surface area contributed by atoms with Gasteiger partial charge in [0, 0.05) is 0 Å². The molecule has 0 nitrogen and oxygen atoms in total. The van der Waals surface area contributed by atoms with E-state index in [0.29, 0.717) is 0 Å². The summed E-state index contributed by atoms with van der Waals surface area (Å²) in [6, 6.07) is 23.0. The fourth-order valence-electron chi connectivity index (χ4n) is 4.43. The van der Waals surface area contributed by atoms with Crippen LogP contribution in [0.5, 0.6) is 0 Å². The molecule has 7 heteroatoms. The van der Waals surface area contributed by atoms with Gasteiger partial charge in [0.05, 0.1) is 0 Å². The molecule has 0 aliphatic carbocycles. The molecule has 0 N–H and O–H groups in total. The highest BCUT2D eigenvalue weighted by Gasteiger charge is 2.26. The van der Waals surface area contributed by atoms with Crippen LogP contribution in [-0.2, 0) is 0 Å². The van der Waals surface area contributed by atoms with E-state index >= 15 is 0 Å². The Morgan fingerprint density at radius 1 is 0.308 bits per heavy atom. The Bertz CT molecular complexity index is 1160. The van der Waals surface area contributed by atoms with Crippen molar-refractivity contribution in [3.8, 4) is 0 Å². The third-order valence-corrected chi connectivity index (χ3v) is 19.7. The molecule has 0 heterocycles. The van der Waals surface area contributed by atoms with E-state index in [-0.39, 0.29) is 54.5 Å². The van der Waals surface area contributed by atoms with Gasteiger partial charge in [0.2, 0.25) is 0 Å². The number of rotatable bonds is 9. The van der Waals surface area contributed by atoms with E-state index in [4.69, 9.17) is 0 Å². The van der Waals surface area contributed by atoms with Gasteiger partial charge in [-0.25, -0.2) is 54.5 Å². The zero-order chi connectivity index (χ0) is 29.4. The lowest BCUT2D eigenvalue weighted by atomic mass is 10.3. The second kappa shape index (κ2) is 13.2. The molecule has 0 saturated heterocycles. The van der Waals surface area contributed by atoms with Gasteiger partial charge in [-0.2, -0.15) is 20.1 Å². The number of hydrogen-bond donors (Lipinski definition) is 5. The second-order valence-corrected chi connectivity index (χ2v) is 30.9. The summed E-state index contributed by atoms with van der Waals surface area (Å²) in [5, 5.41) is 0. The summed E-state index contributed by atoms with van der Waals surface area (Å²) in [5.41, 5.74) is 0. The molecule has 0 aliphatic heterocycles. The van der Waals surface area contributed by atoms with Gasteiger partial charge >= 0.3 is 0 Å². The maximum absolute atomic E-state index is 2.62. The van der Waals surface area contributed by atoms with E-state index in [1.807, 2.05) is 0 Å². The standard InChI is InChI=1S/C32H56S7/c1-33(2)24-15-25(34(3)4)18-29(17-24)38(11,12)31-21-28(37(9)10)22-32(23-31)39(13,14)30-19-26(35(5)6)16-27(20-30)36(7)8/h15-23,33-37H,1-14H3. The third kappa shape index (κ3) is 7.74. The van der Waals surface area contributed by atoms with Crippen LogP contribution in [0.4, 0.5) is 0 Å². The monoisotopic (exact) mass is 664 g/mol. The normalized spacial score (nSPS) is 15.0. The molecule has 3 aromatic carbocycles. The first kappa shape index (κ1) is 33.6. The summed E-state index contributed by atoms with van der Waals surface area (Å²) in [6.07, 6.45) is 34.2. The van der Waals surface area contributed by atoms with Crippen LogP contribution in [0.25, 0.3) is 0 Å². The summed E-state index contributed by atoms with van der Waals surface area (Å²) >= 11 is 0.